The Balaban J connectivity index is 2.62. The van der Waals surface area contributed by atoms with E-state index in [4.69, 9.17) is 9.84 Å². The van der Waals surface area contributed by atoms with Crippen LogP contribution in [0.2, 0.25) is 0 Å². The van der Waals surface area contributed by atoms with Crippen LogP contribution in [-0.4, -0.2) is 18.2 Å². The van der Waals surface area contributed by atoms with Crippen molar-refractivity contribution < 1.29 is 14.6 Å². The molecule has 0 aliphatic heterocycles. The molecule has 3 nitrogen and oxygen atoms in total. The van der Waals surface area contributed by atoms with Crippen LogP contribution in [0.1, 0.15) is 51.5 Å². The number of hydrogen-bond donors (Lipinski definition) is 1. The number of unbranched alkanes of at least 4 members (excludes halogenated alkanes) is 1. The molecule has 3 heteroatoms. The van der Waals surface area contributed by atoms with Crippen LogP contribution in [0.15, 0.2) is 30.3 Å². The molecule has 0 bridgehead atoms. The van der Waals surface area contributed by atoms with Crippen molar-refractivity contribution in [2.75, 3.05) is 7.11 Å². The molecule has 0 saturated heterocycles. The van der Waals surface area contributed by atoms with E-state index >= 15 is 0 Å². The van der Waals surface area contributed by atoms with Crippen LogP contribution in [0.3, 0.4) is 0 Å². The second-order valence-electron chi connectivity index (χ2n) is 5.38. The van der Waals surface area contributed by atoms with E-state index in [2.05, 4.69) is 25.1 Å². The van der Waals surface area contributed by atoms with Crippen LogP contribution in [-0.2, 0) is 4.79 Å². The highest BCUT2D eigenvalue weighted by Gasteiger charge is 2.09. The molecule has 1 unspecified atom stereocenters. The van der Waals surface area contributed by atoms with Crippen molar-refractivity contribution in [3.05, 3.63) is 35.9 Å². The third kappa shape index (κ3) is 6.03. The molecule has 0 fully saturated rings. The van der Waals surface area contributed by atoms with Crippen LogP contribution < -0.4 is 4.74 Å². The van der Waals surface area contributed by atoms with E-state index in [1.54, 1.807) is 14.0 Å². The van der Waals surface area contributed by atoms with Gasteiger partial charge in [0.1, 0.15) is 5.75 Å². The standard InChI is InChI=1S/C18H26O3/c1-4-7-15(9-6-5-8-14(2)18(19)20)16-10-12-17(21-3)13-11-16/h9-14H,4-8H2,1-3H3,(H,19,20)/b15-9+. The van der Waals surface area contributed by atoms with E-state index in [1.807, 2.05) is 12.1 Å². The van der Waals surface area contributed by atoms with Crippen LogP contribution in [0.4, 0.5) is 0 Å². The molecule has 0 radical (unpaired) electrons. The number of hydrogen-bond acceptors (Lipinski definition) is 2. The maximum Gasteiger partial charge on any atom is 0.306 e. The predicted molar refractivity (Wildman–Crippen MR) is 86.5 cm³/mol. The molecule has 0 heterocycles. The van der Waals surface area contributed by atoms with Crippen molar-refractivity contribution in [3.63, 3.8) is 0 Å². The molecule has 0 saturated carbocycles. The molecule has 0 spiro atoms. The second kappa shape index (κ2) is 9.22. The van der Waals surface area contributed by atoms with Crippen LogP contribution in [0, 0.1) is 5.92 Å². The minimum absolute atomic E-state index is 0.256. The topological polar surface area (TPSA) is 46.5 Å². The Morgan fingerprint density at radius 3 is 2.52 bits per heavy atom. The lowest BCUT2D eigenvalue weighted by atomic mass is 9.98. The maximum atomic E-state index is 10.8. The van der Waals surface area contributed by atoms with Gasteiger partial charge in [-0.15, -0.1) is 0 Å². The van der Waals surface area contributed by atoms with Crippen molar-refractivity contribution in [1.82, 2.24) is 0 Å². The van der Waals surface area contributed by atoms with Gasteiger partial charge in [-0.25, -0.2) is 0 Å². The lowest BCUT2D eigenvalue weighted by molar-refractivity contribution is -0.141. The smallest absolute Gasteiger partial charge is 0.306 e. The first-order valence-electron chi connectivity index (χ1n) is 7.64. The number of carboxylic acid groups (broad SMARTS) is 1. The molecule has 1 atom stereocenters. The highest BCUT2D eigenvalue weighted by molar-refractivity contribution is 5.69. The lowest BCUT2D eigenvalue weighted by Crippen LogP contribution is -2.08. The number of benzene rings is 1. The monoisotopic (exact) mass is 290 g/mol. The fourth-order valence-electron chi connectivity index (χ4n) is 2.26. The molecule has 1 rings (SSSR count). The van der Waals surface area contributed by atoms with Crippen molar-refractivity contribution in [3.8, 4) is 5.75 Å². The van der Waals surface area contributed by atoms with Gasteiger partial charge in [0, 0.05) is 0 Å². The number of allylic oxidation sites excluding steroid dienone is 2. The second-order valence-corrected chi connectivity index (χ2v) is 5.38. The Hall–Kier alpha value is -1.77. The molecule has 0 aliphatic carbocycles. The predicted octanol–water partition coefficient (Wildman–Crippen LogP) is 4.77. The summed E-state index contributed by atoms with van der Waals surface area (Å²) in [5.74, 6) is -0.0955. The first-order chi connectivity index (χ1) is 10.1. The lowest BCUT2D eigenvalue weighted by Gasteiger charge is -2.09. The molecule has 1 aromatic carbocycles. The Kier molecular flexibility index (Phi) is 7.59. The van der Waals surface area contributed by atoms with Gasteiger partial charge in [0.15, 0.2) is 0 Å². The molecule has 1 N–H and O–H groups in total. The molecule has 116 valence electrons. The van der Waals surface area contributed by atoms with Crippen molar-refractivity contribution in [2.24, 2.45) is 5.92 Å². The number of aliphatic carboxylic acids is 1. The van der Waals surface area contributed by atoms with Crippen molar-refractivity contribution >= 4 is 11.5 Å². The normalized spacial score (nSPS) is 13.0. The van der Waals surface area contributed by atoms with Gasteiger partial charge in [-0.3, -0.25) is 4.79 Å². The highest BCUT2D eigenvalue weighted by Crippen LogP contribution is 2.24. The summed E-state index contributed by atoms with van der Waals surface area (Å²) in [6.07, 6.45) is 6.97. The van der Waals surface area contributed by atoms with E-state index < -0.39 is 5.97 Å². The number of carbonyl (C=O) groups is 1. The summed E-state index contributed by atoms with van der Waals surface area (Å²) < 4.78 is 5.18. The molecule has 0 aromatic heterocycles. The van der Waals surface area contributed by atoms with E-state index in [9.17, 15) is 4.79 Å². The van der Waals surface area contributed by atoms with Crippen molar-refractivity contribution in [2.45, 2.75) is 46.0 Å². The van der Waals surface area contributed by atoms with Crippen LogP contribution in [0.25, 0.3) is 5.57 Å². The minimum atomic E-state index is -0.706. The summed E-state index contributed by atoms with van der Waals surface area (Å²) in [4.78, 5) is 10.8. The molecule has 21 heavy (non-hydrogen) atoms. The Morgan fingerprint density at radius 1 is 1.33 bits per heavy atom. The number of carboxylic acids is 1. The molecular weight excluding hydrogens is 264 g/mol. The van der Waals surface area contributed by atoms with Gasteiger partial charge < -0.3 is 9.84 Å². The summed E-state index contributed by atoms with van der Waals surface area (Å²) in [7, 11) is 1.67. The highest BCUT2D eigenvalue weighted by atomic mass is 16.5. The Bertz CT molecular complexity index is 460. The summed E-state index contributed by atoms with van der Waals surface area (Å²) in [6.45, 7) is 3.94. The first-order valence-corrected chi connectivity index (χ1v) is 7.64. The maximum absolute atomic E-state index is 10.8. The zero-order valence-electron chi connectivity index (χ0n) is 13.3. The SMILES string of the molecule is CCC/C(=C\CCCC(C)C(=O)O)c1ccc(OC)cc1. The number of ether oxygens (including phenoxy) is 1. The summed E-state index contributed by atoms with van der Waals surface area (Å²) in [5, 5.41) is 8.87. The Labute approximate surface area is 127 Å². The summed E-state index contributed by atoms with van der Waals surface area (Å²) in [6, 6.07) is 8.12. The average Bonchev–Trinajstić information content (AvgIpc) is 2.50. The van der Waals surface area contributed by atoms with Gasteiger partial charge in [0.2, 0.25) is 0 Å². The van der Waals surface area contributed by atoms with Gasteiger partial charge >= 0.3 is 5.97 Å². The van der Waals surface area contributed by atoms with Gasteiger partial charge in [-0.2, -0.15) is 0 Å². The van der Waals surface area contributed by atoms with E-state index in [0.717, 1.165) is 37.9 Å². The zero-order chi connectivity index (χ0) is 15.7. The van der Waals surface area contributed by atoms with E-state index in [0.29, 0.717) is 0 Å². The summed E-state index contributed by atoms with van der Waals surface area (Å²) in [5.41, 5.74) is 2.56. The van der Waals surface area contributed by atoms with Crippen LogP contribution in [0.5, 0.6) is 5.75 Å². The third-order valence-electron chi connectivity index (χ3n) is 3.63. The fraction of sp³-hybridized carbons (Fsp3) is 0.500. The molecular formula is C18H26O3. The van der Waals surface area contributed by atoms with Gasteiger partial charge in [0.05, 0.1) is 13.0 Å². The van der Waals surface area contributed by atoms with Gasteiger partial charge in [0.25, 0.3) is 0 Å². The van der Waals surface area contributed by atoms with Crippen molar-refractivity contribution in [1.29, 1.82) is 0 Å². The molecule has 0 aliphatic rings. The first kappa shape index (κ1) is 17.3. The van der Waals surface area contributed by atoms with Gasteiger partial charge in [-0.05, 0) is 49.0 Å². The average molecular weight is 290 g/mol. The fourth-order valence-corrected chi connectivity index (χ4v) is 2.26. The minimum Gasteiger partial charge on any atom is -0.497 e. The van der Waals surface area contributed by atoms with E-state index in [-0.39, 0.29) is 5.92 Å². The number of methoxy groups -OCH3 is 1. The quantitative estimate of drug-likeness (QED) is 0.666. The van der Waals surface area contributed by atoms with Crippen LogP contribution >= 0.6 is 0 Å². The third-order valence-corrected chi connectivity index (χ3v) is 3.63. The van der Waals surface area contributed by atoms with E-state index in [1.165, 1.54) is 11.1 Å². The van der Waals surface area contributed by atoms with Gasteiger partial charge in [-0.1, -0.05) is 38.5 Å². The molecule has 0 amide bonds. The summed E-state index contributed by atoms with van der Waals surface area (Å²) >= 11 is 0. The largest absolute Gasteiger partial charge is 0.497 e. The zero-order valence-corrected chi connectivity index (χ0v) is 13.3. The Morgan fingerprint density at radius 2 is 2.00 bits per heavy atom. The molecule has 1 aromatic rings. The number of rotatable bonds is 9.